The molecule has 0 atom stereocenters. The molecule has 0 spiro atoms. The Balaban J connectivity index is 0.000000240. The fraction of sp³-hybridized carbons (Fsp3) is 0.0667. The molecule has 128 valence electrons. The SMILES string of the molecule is O=C(O)Cc1c(F)cccc1F.O=C(O)c1c(Cl)ccc(Cl)c1Cl. The van der Waals surface area contributed by atoms with Gasteiger partial charge in [-0.15, -0.1) is 0 Å². The first-order valence-electron chi connectivity index (χ1n) is 6.16. The van der Waals surface area contributed by atoms with Gasteiger partial charge < -0.3 is 10.2 Å². The number of benzene rings is 2. The molecular formula is C15H9Cl3F2O4. The Morgan fingerprint density at radius 1 is 0.917 bits per heavy atom. The van der Waals surface area contributed by atoms with Crippen LogP contribution in [-0.4, -0.2) is 22.2 Å². The Morgan fingerprint density at radius 2 is 1.42 bits per heavy atom. The van der Waals surface area contributed by atoms with Crippen molar-refractivity contribution >= 4 is 46.7 Å². The molecule has 2 aromatic rings. The lowest BCUT2D eigenvalue weighted by molar-refractivity contribution is -0.136. The zero-order chi connectivity index (χ0) is 18.4. The Bertz CT molecular complexity index is 761. The van der Waals surface area contributed by atoms with Crippen LogP contribution in [0.4, 0.5) is 8.78 Å². The first-order valence-corrected chi connectivity index (χ1v) is 7.30. The van der Waals surface area contributed by atoms with Gasteiger partial charge in [-0.2, -0.15) is 0 Å². The summed E-state index contributed by atoms with van der Waals surface area (Å²) >= 11 is 16.7. The lowest BCUT2D eigenvalue weighted by Crippen LogP contribution is -2.04. The first-order chi connectivity index (χ1) is 11.1. The van der Waals surface area contributed by atoms with E-state index in [1.54, 1.807) is 0 Å². The third kappa shape index (κ3) is 5.33. The molecular weight excluding hydrogens is 389 g/mol. The molecule has 2 N–H and O–H groups in total. The minimum Gasteiger partial charge on any atom is -0.481 e. The molecule has 0 radical (unpaired) electrons. The Morgan fingerprint density at radius 3 is 1.83 bits per heavy atom. The van der Waals surface area contributed by atoms with E-state index in [-0.39, 0.29) is 20.6 Å². The smallest absolute Gasteiger partial charge is 0.338 e. The summed E-state index contributed by atoms with van der Waals surface area (Å²) in [5.74, 6) is -4.08. The number of halogens is 5. The van der Waals surface area contributed by atoms with Gasteiger partial charge in [0.05, 0.1) is 27.1 Å². The number of aliphatic carboxylic acids is 1. The summed E-state index contributed by atoms with van der Waals surface area (Å²) in [7, 11) is 0. The fourth-order valence-corrected chi connectivity index (χ4v) is 2.27. The van der Waals surface area contributed by atoms with Crippen molar-refractivity contribution in [3.63, 3.8) is 0 Å². The molecule has 2 rings (SSSR count). The van der Waals surface area contributed by atoms with Crippen LogP contribution in [-0.2, 0) is 11.2 Å². The van der Waals surface area contributed by atoms with E-state index in [0.717, 1.165) is 12.1 Å². The highest BCUT2D eigenvalue weighted by Crippen LogP contribution is 2.31. The molecule has 0 saturated carbocycles. The second-order valence-corrected chi connectivity index (χ2v) is 5.49. The quantitative estimate of drug-likeness (QED) is 0.720. The van der Waals surface area contributed by atoms with Crippen LogP contribution in [0.2, 0.25) is 15.1 Å². The van der Waals surface area contributed by atoms with Gasteiger partial charge in [-0.3, -0.25) is 4.79 Å². The van der Waals surface area contributed by atoms with Gasteiger partial charge in [0.1, 0.15) is 11.6 Å². The summed E-state index contributed by atoms with van der Waals surface area (Å²) in [6.45, 7) is 0. The fourth-order valence-electron chi connectivity index (χ4n) is 1.58. The molecule has 4 nitrogen and oxygen atoms in total. The summed E-state index contributed by atoms with van der Waals surface area (Å²) in [5.41, 5.74) is -0.559. The van der Waals surface area contributed by atoms with Crippen molar-refractivity contribution in [1.82, 2.24) is 0 Å². The van der Waals surface area contributed by atoms with E-state index in [1.807, 2.05) is 0 Å². The van der Waals surface area contributed by atoms with Crippen molar-refractivity contribution in [2.75, 3.05) is 0 Å². The topological polar surface area (TPSA) is 74.6 Å². The number of rotatable bonds is 3. The molecule has 0 fully saturated rings. The largest absolute Gasteiger partial charge is 0.481 e. The molecule has 0 bridgehead atoms. The summed E-state index contributed by atoms with van der Waals surface area (Å²) in [4.78, 5) is 20.7. The molecule has 0 amide bonds. The zero-order valence-corrected chi connectivity index (χ0v) is 14.0. The molecule has 0 saturated heterocycles. The second kappa shape index (κ2) is 8.82. The van der Waals surface area contributed by atoms with Gasteiger partial charge in [-0.1, -0.05) is 40.9 Å². The van der Waals surface area contributed by atoms with Gasteiger partial charge >= 0.3 is 11.9 Å². The van der Waals surface area contributed by atoms with Crippen LogP contribution in [0.15, 0.2) is 30.3 Å². The Hall–Kier alpha value is -1.89. The van der Waals surface area contributed by atoms with Crippen LogP contribution in [0, 0.1) is 11.6 Å². The van der Waals surface area contributed by atoms with Crippen LogP contribution in [0.3, 0.4) is 0 Å². The number of carbonyl (C=O) groups is 2. The molecule has 9 heteroatoms. The highest BCUT2D eigenvalue weighted by atomic mass is 35.5. The molecule has 0 aliphatic carbocycles. The number of hydrogen-bond donors (Lipinski definition) is 2. The number of hydrogen-bond acceptors (Lipinski definition) is 2. The second-order valence-electron chi connectivity index (χ2n) is 4.29. The summed E-state index contributed by atoms with van der Waals surface area (Å²) in [6, 6.07) is 6.08. The molecule has 0 aromatic heterocycles. The van der Waals surface area contributed by atoms with Crippen LogP contribution < -0.4 is 0 Å². The van der Waals surface area contributed by atoms with Gasteiger partial charge in [0.15, 0.2) is 0 Å². The van der Waals surface area contributed by atoms with E-state index in [4.69, 9.17) is 45.0 Å². The lowest BCUT2D eigenvalue weighted by atomic mass is 10.1. The molecule has 0 heterocycles. The van der Waals surface area contributed by atoms with Crippen LogP contribution in [0.25, 0.3) is 0 Å². The van der Waals surface area contributed by atoms with Crippen LogP contribution in [0.5, 0.6) is 0 Å². The monoisotopic (exact) mass is 396 g/mol. The predicted octanol–water partition coefficient (Wildman–Crippen LogP) is 4.94. The van der Waals surface area contributed by atoms with E-state index < -0.39 is 35.6 Å². The minimum absolute atomic E-state index is 0.0309. The molecule has 24 heavy (non-hydrogen) atoms. The number of aromatic carboxylic acids is 1. The molecule has 0 aliphatic rings. The summed E-state index contributed by atoms with van der Waals surface area (Å²) < 4.78 is 25.4. The maximum atomic E-state index is 12.7. The zero-order valence-electron chi connectivity index (χ0n) is 11.7. The van der Waals surface area contributed by atoms with Gasteiger partial charge in [-0.05, 0) is 24.3 Å². The Kier molecular flexibility index (Phi) is 7.41. The van der Waals surface area contributed by atoms with Crippen LogP contribution >= 0.6 is 34.8 Å². The summed E-state index contributed by atoms with van der Waals surface area (Å²) in [6.07, 6.45) is -0.626. The van der Waals surface area contributed by atoms with Crippen molar-refractivity contribution in [2.45, 2.75) is 6.42 Å². The van der Waals surface area contributed by atoms with Gasteiger partial charge in [0.2, 0.25) is 0 Å². The highest BCUT2D eigenvalue weighted by Gasteiger charge is 2.15. The molecule has 2 aromatic carbocycles. The van der Waals surface area contributed by atoms with Crippen molar-refractivity contribution in [3.05, 3.63) is 68.2 Å². The maximum absolute atomic E-state index is 12.7. The third-order valence-corrected chi connectivity index (χ3v) is 3.77. The van der Waals surface area contributed by atoms with Gasteiger partial charge in [-0.25, -0.2) is 13.6 Å². The van der Waals surface area contributed by atoms with Gasteiger partial charge in [0.25, 0.3) is 0 Å². The first kappa shape index (κ1) is 20.2. The third-order valence-electron chi connectivity index (χ3n) is 2.65. The van der Waals surface area contributed by atoms with Crippen LogP contribution in [0.1, 0.15) is 15.9 Å². The standard InChI is InChI=1S/C8H6F2O2.C7H3Cl3O2/c9-6-2-1-3-7(10)5(6)4-8(11)12;8-3-1-2-4(9)6(10)5(3)7(11)12/h1-3H,4H2,(H,11,12);1-2H,(H,11,12). The van der Waals surface area contributed by atoms with E-state index in [9.17, 15) is 18.4 Å². The predicted molar refractivity (Wildman–Crippen MR) is 86.1 cm³/mol. The van der Waals surface area contributed by atoms with Crippen molar-refractivity contribution < 1.29 is 28.6 Å². The van der Waals surface area contributed by atoms with E-state index in [2.05, 4.69) is 0 Å². The lowest BCUT2D eigenvalue weighted by Gasteiger charge is -2.02. The number of carboxylic acid groups (broad SMARTS) is 2. The van der Waals surface area contributed by atoms with Crippen molar-refractivity contribution in [3.8, 4) is 0 Å². The highest BCUT2D eigenvalue weighted by molar-refractivity contribution is 6.45. The van der Waals surface area contributed by atoms with Crippen molar-refractivity contribution in [2.24, 2.45) is 0 Å². The van der Waals surface area contributed by atoms with E-state index in [1.165, 1.54) is 18.2 Å². The average molecular weight is 398 g/mol. The summed E-state index contributed by atoms with van der Waals surface area (Å²) in [5, 5.41) is 17.2. The molecule has 0 unspecified atom stereocenters. The van der Waals surface area contributed by atoms with E-state index in [0.29, 0.717) is 0 Å². The van der Waals surface area contributed by atoms with Crippen molar-refractivity contribution in [1.29, 1.82) is 0 Å². The normalized spacial score (nSPS) is 9.88. The van der Waals surface area contributed by atoms with Gasteiger partial charge in [0, 0.05) is 5.56 Å². The van der Waals surface area contributed by atoms with E-state index >= 15 is 0 Å². The molecule has 0 aliphatic heterocycles. The average Bonchev–Trinajstić information content (AvgIpc) is 2.47. The number of carboxylic acids is 2. The maximum Gasteiger partial charge on any atom is 0.338 e. The Labute approximate surface area is 150 Å². The minimum atomic E-state index is -1.25.